The third-order valence-electron chi connectivity index (χ3n) is 4.68. The first-order valence-electron chi connectivity index (χ1n) is 9.86. The standard InChI is InChI=1S/C20H32ClN5O/c1-4-15(3)24-19(27)9-11-23-20(22-5-2)25-17-10-12-26(14-17)18-8-6-7-16(21)13-18/h6-8,13,15,17H,4-5,9-12,14H2,1-3H3,(H,24,27)(H2,22,23,25). The second-order valence-electron chi connectivity index (χ2n) is 6.94. The Hall–Kier alpha value is -1.95. The molecule has 1 fully saturated rings. The zero-order valence-corrected chi connectivity index (χ0v) is 17.4. The highest BCUT2D eigenvalue weighted by molar-refractivity contribution is 6.30. The first kappa shape index (κ1) is 21.4. The van der Waals surface area contributed by atoms with Crippen LogP contribution in [0.2, 0.25) is 5.02 Å². The van der Waals surface area contributed by atoms with Gasteiger partial charge >= 0.3 is 0 Å². The van der Waals surface area contributed by atoms with Crippen molar-refractivity contribution < 1.29 is 4.79 Å². The molecule has 27 heavy (non-hydrogen) atoms. The first-order valence-corrected chi connectivity index (χ1v) is 10.2. The highest BCUT2D eigenvalue weighted by atomic mass is 35.5. The van der Waals surface area contributed by atoms with E-state index in [2.05, 4.69) is 38.8 Å². The largest absolute Gasteiger partial charge is 0.369 e. The number of nitrogens with one attached hydrogen (secondary N) is 3. The number of guanidine groups is 1. The molecule has 1 heterocycles. The van der Waals surface area contributed by atoms with Crippen LogP contribution in [0.15, 0.2) is 29.3 Å². The Bertz CT molecular complexity index is 637. The lowest BCUT2D eigenvalue weighted by atomic mass is 10.2. The fraction of sp³-hybridized carbons (Fsp3) is 0.600. The number of benzene rings is 1. The number of hydrogen-bond acceptors (Lipinski definition) is 3. The molecular weight excluding hydrogens is 362 g/mol. The molecule has 1 aromatic carbocycles. The summed E-state index contributed by atoms with van der Waals surface area (Å²) in [5, 5.41) is 10.5. The SMILES string of the molecule is CCNC(=NCCC(=O)NC(C)CC)NC1CCN(c2cccc(Cl)c2)C1. The maximum atomic E-state index is 11.9. The smallest absolute Gasteiger partial charge is 0.222 e. The van der Waals surface area contributed by atoms with Gasteiger partial charge in [-0.25, -0.2) is 0 Å². The predicted molar refractivity (Wildman–Crippen MR) is 114 cm³/mol. The van der Waals surface area contributed by atoms with E-state index in [-0.39, 0.29) is 11.9 Å². The number of amides is 1. The summed E-state index contributed by atoms with van der Waals surface area (Å²) in [4.78, 5) is 18.8. The number of aliphatic imine (C=N–C) groups is 1. The highest BCUT2D eigenvalue weighted by Crippen LogP contribution is 2.23. The molecule has 7 heteroatoms. The van der Waals surface area contributed by atoms with Crippen LogP contribution in [0.1, 0.15) is 40.0 Å². The molecule has 2 unspecified atom stereocenters. The van der Waals surface area contributed by atoms with E-state index in [4.69, 9.17) is 11.6 Å². The van der Waals surface area contributed by atoms with Crippen molar-refractivity contribution in [1.82, 2.24) is 16.0 Å². The molecule has 1 aliphatic heterocycles. The minimum Gasteiger partial charge on any atom is -0.369 e. The van der Waals surface area contributed by atoms with Crippen molar-refractivity contribution in [3.8, 4) is 0 Å². The average molecular weight is 394 g/mol. The normalized spacial score (nSPS) is 18.3. The van der Waals surface area contributed by atoms with Gasteiger partial charge in [-0.05, 0) is 44.9 Å². The minimum absolute atomic E-state index is 0.0527. The summed E-state index contributed by atoms with van der Waals surface area (Å²) in [5.74, 6) is 0.823. The lowest BCUT2D eigenvalue weighted by Gasteiger charge is -2.20. The van der Waals surface area contributed by atoms with Crippen molar-refractivity contribution in [3.63, 3.8) is 0 Å². The zero-order valence-electron chi connectivity index (χ0n) is 16.6. The third kappa shape index (κ3) is 7.29. The van der Waals surface area contributed by atoms with Crippen LogP contribution in [0.4, 0.5) is 5.69 Å². The quantitative estimate of drug-likeness (QED) is 0.469. The second-order valence-corrected chi connectivity index (χ2v) is 7.38. The molecular formula is C20H32ClN5O. The van der Waals surface area contributed by atoms with Crippen molar-refractivity contribution in [2.75, 3.05) is 31.1 Å². The Balaban J connectivity index is 1.84. The Labute approximate surface area is 167 Å². The molecule has 2 rings (SSSR count). The van der Waals surface area contributed by atoms with Crippen LogP contribution in [0, 0.1) is 0 Å². The summed E-state index contributed by atoms with van der Waals surface area (Å²) in [5.41, 5.74) is 1.15. The van der Waals surface area contributed by atoms with E-state index in [0.717, 1.165) is 49.1 Å². The van der Waals surface area contributed by atoms with Gasteiger partial charge in [0.25, 0.3) is 0 Å². The molecule has 0 aromatic heterocycles. The van der Waals surface area contributed by atoms with E-state index in [0.29, 0.717) is 19.0 Å². The molecule has 0 aliphatic carbocycles. The van der Waals surface area contributed by atoms with Crippen LogP contribution >= 0.6 is 11.6 Å². The van der Waals surface area contributed by atoms with Crippen molar-refractivity contribution in [1.29, 1.82) is 0 Å². The lowest BCUT2D eigenvalue weighted by Crippen LogP contribution is -2.44. The monoisotopic (exact) mass is 393 g/mol. The Morgan fingerprint density at radius 3 is 2.93 bits per heavy atom. The average Bonchev–Trinajstić information content (AvgIpc) is 3.10. The van der Waals surface area contributed by atoms with Gasteiger partial charge in [0.05, 0.1) is 6.54 Å². The second kappa shape index (κ2) is 11.0. The van der Waals surface area contributed by atoms with Crippen molar-refractivity contribution in [2.45, 2.75) is 52.1 Å². The van der Waals surface area contributed by atoms with Crippen LogP contribution in [-0.2, 0) is 4.79 Å². The van der Waals surface area contributed by atoms with E-state index >= 15 is 0 Å². The fourth-order valence-corrected chi connectivity index (χ4v) is 3.20. The third-order valence-corrected chi connectivity index (χ3v) is 4.91. The molecule has 0 saturated carbocycles. The fourth-order valence-electron chi connectivity index (χ4n) is 3.02. The van der Waals surface area contributed by atoms with Crippen LogP contribution < -0.4 is 20.9 Å². The maximum absolute atomic E-state index is 11.9. The van der Waals surface area contributed by atoms with Crippen LogP contribution in [0.3, 0.4) is 0 Å². The van der Waals surface area contributed by atoms with E-state index in [1.165, 1.54) is 0 Å². The van der Waals surface area contributed by atoms with Gasteiger partial charge in [0.2, 0.25) is 5.91 Å². The van der Waals surface area contributed by atoms with Crippen molar-refractivity contribution in [2.24, 2.45) is 4.99 Å². The number of rotatable bonds is 8. The Morgan fingerprint density at radius 1 is 1.41 bits per heavy atom. The highest BCUT2D eigenvalue weighted by Gasteiger charge is 2.23. The molecule has 1 aromatic rings. The molecule has 1 saturated heterocycles. The van der Waals surface area contributed by atoms with Gasteiger partial charge < -0.3 is 20.9 Å². The van der Waals surface area contributed by atoms with Gasteiger partial charge in [-0.1, -0.05) is 24.6 Å². The van der Waals surface area contributed by atoms with Crippen LogP contribution in [0.25, 0.3) is 0 Å². The van der Waals surface area contributed by atoms with Crippen molar-refractivity contribution in [3.05, 3.63) is 29.3 Å². The molecule has 0 bridgehead atoms. The van der Waals surface area contributed by atoms with Gasteiger partial charge in [-0.2, -0.15) is 0 Å². The molecule has 3 N–H and O–H groups in total. The van der Waals surface area contributed by atoms with Gasteiger partial charge in [-0.3, -0.25) is 9.79 Å². The topological polar surface area (TPSA) is 68.8 Å². The summed E-state index contributed by atoms with van der Waals surface area (Å²) in [7, 11) is 0. The van der Waals surface area contributed by atoms with Crippen LogP contribution in [0.5, 0.6) is 0 Å². The molecule has 0 radical (unpaired) electrons. The summed E-state index contributed by atoms with van der Waals surface area (Å²) in [6, 6.07) is 8.49. The molecule has 2 atom stereocenters. The molecule has 150 valence electrons. The Kier molecular flexibility index (Phi) is 8.72. The van der Waals surface area contributed by atoms with E-state index < -0.39 is 0 Å². The van der Waals surface area contributed by atoms with Crippen molar-refractivity contribution >= 4 is 29.2 Å². The van der Waals surface area contributed by atoms with E-state index in [1.54, 1.807) is 0 Å². The van der Waals surface area contributed by atoms with Gasteiger partial charge in [0.1, 0.15) is 0 Å². The van der Waals surface area contributed by atoms with Crippen LogP contribution in [-0.4, -0.2) is 50.1 Å². The minimum atomic E-state index is 0.0527. The number of carbonyl (C=O) groups is 1. The van der Waals surface area contributed by atoms with Gasteiger partial charge in [-0.15, -0.1) is 0 Å². The van der Waals surface area contributed by atoms with Gasteiger partial charge in [0, 0.05) is 48.8 Å². The molecule has 1 aliphatic rings. The molecule has 0 spiro atoms. The van der Waals surface area contributed by atoms with E-state index in [1.807, 2.05) is 32.0 Å². The number of anilines is 1. The number of halogens is 1. The number of nitrogens with zero attached hydrogens (tertiary/aromatic N) is 2. The van der Waals surface area contributed by atoms with Gasteiger partial charge in [0.15, 0.2) is 5.96 Å². The summed E-state index contributed by atoms with van der Waals surface area (Å²) >= 11 is 6.10. The summed E-state index contributed by atoms with van der Waals surface area (Å²) in [6.07, 6.45) is 2.37. The lowest BCUT2D eigenvalue weighted by molar-refractivity contribution is -0.121. The number of hydrogen-bond donors (Lipinski definition) is 3. The summed E-state index contributed by atoms with van der Waals surface area (Å²) in [6.45, 7) is 9.26. The summed E-state index contributed by atoms with van der Waals surface area (Å²) < 4.78 is 0. The zero-order chi connectivity index (χ0) is 19.6. The predicted octanol–water partition coefficient (Wildman–Crippen LogP) is 2.78. The first-order chi connectivity index (χ1) is 13.0. The number of carbonyl (C=O) groups excluding carboxylic acids is 1. The molecule has 1 amide bonds. The van der Waals surface area contributed by atoms with E-state index in [9.17, 15) is 4.79 Å². The maximum Gasteiger partial charge on any atom is 0.222 e. The molecule has 6 nitrogen and oxygen atoms in total. The Morgan fingerprint density at radius 2 is 2.22 bits per heavy atom.